The standard InChI is InChI=1S/C77H120O6/c1-4-7-10-13-16-19-22-25-27-29-31-33-35-36-37-38-39-40-42-43-45-47-49-52-55-58-61-64-67-70-76(79)82-73-74(72-81-75(78)69-66-63-60-57-54-51-24-21-18-15-12-9-6-3)83-77(80)71-68-65-62-59-56-53-50-48-46-44-41-34-32-30-28-26-23-20-17-14-11-8-5-2/h7-8,10-11,16-17,19-21,24-28,31-34,36-37,39-40,43-46,49,52,58,61,74H,4-6,9,12-15,18,22-23,29-30,35,38,41-42,47-48,50-51,53-57,59-60,62-73H2,1-3H3/b10-7-,11-8-,19-16-,20-17-,24-21-,27-25-,28-26-,33-31-,34-32-,37-36-,40-39-,45-43-,46-44-,52-49-,61-58-. The number of esters is 3. The molecule has 0 aromatic rings. The highest BCUT2D eigenvalue weighted by Gasteiger charge is 2.19. The van der Waals surface area contributed by atoms with Crippen molar-refractivity contribution in [2.45, 2.75) is 271 Å². The van der Waals surface area contributed by atoms with Gasteiger partial charge in [-0.1, -0.05) is 274 Å². The molecule has 1 atom stereocenters. The van der Waals surface area contributed by atoms with E-state index < -0.39 is 6.10 Å². The maximum absolute atomic E-state index is 12.9. The number of unbranched alkanes of at least 4 members (excludes halogenated alkanes) is 17. The van der Waals surface area contributed by atoms with Crippen molar-refractivity contribution in [1.29, 1.82) is 0 Å². The minimum atomic E-state index is -0.823. The molecule has 6 heteroatoms. The third-order valence-electron chi connectivity index (χ3n) is 13.4. The van der Waals surface area contributed by atoms with Crippen LogP contribution in [0.3, 0.4) is 0 Å². The highest BCUT2D eigenvalue weighted by atomic mass is 16.6. The molecule has 0 rings (SSSR count). The molecule has 0 spiro atoms. The average molecular weight is 1140 g/mol. The number of hydrogen-bond donors (Lipinski definition) is 0. The Morgan fingerprint density at radius 3 is 0.795 bits per heavy atom. The van der Waals surface area contributed by atoms with Crippen LogP contribution in [0.5, 0.6) is 0 Å². The Bertz CT molecular complexity index is 1940. The van der Waals surface area contributed by atoms with E-state index in [1.54, 1.807) is 0 Å². The van der Waals surface area contributed by atoms with Gasteiger partial charge in [-0.15, -0.1) is 0 Å². The second kappa shape index (κ2) is 69.0. The lowest BCUT2D eigenvalue weighted by atomic mass is 10.1. The van der Waals surface area contributed by atoms with Crippen molar-refractivity contribution in [3.63, 3.8) is 0 Å². The predicted molar refractivity (Wildman–Crippen MR) is 361 cm³/mol. The Labute approximate surface area is 510 Å². The van der Waals surface area contributed by atoms with Crippen molar-refractivity contribution in [3.05, 3.63) is 182 Å². The third kappa shape index (κ3) is 67.2. The first kappa shape index (κ1) is 77.5. The van der Waals surface area contributed by atoms with Crippen LogP contribution in [0.2, 0.25) is 0 Å². The molecule has 0 N–H and O–H groups in total. The van der Waals surface area contributed by atoms with Crippen molar-refractivity contribution < 1.29 is 28.6 Å². The van der Waals surface area contributed by atoms with Crippen LogP contribution < -0.4 is 0 Å². The van der Waals surface area contributed by atoms with Crippen molar-refractivity contribution in [1.82, 2.24) is 0 Å². The van der Waals surface area contributed by atoms with Crippen molar-refractivity contribution >= 4 is 17.9 Å². The monoisotopic (exact) mass is 1140 g/mol. The van der Waals surface area contributed by atoms with Gasteiger partial charge in [-0.25, -0.2) is 0 Å². The lowest BCUT2D eigenvalue weighted by molar-refractivity contribution is -0.167. The first-order valence-corrected chi connectivity index (χ1v) is 33.3. The molecular weight excluding hydrogens is 1020 g/mol. The summed E-state index contributed by atoms with van der Waals surface area (Å²) >= 11 is 0. The first-order valence-electron chi connectivity index (χ1n) is 33.3. The van der Waals surface area contributed by atoms with E-state index in [0.29, 0.717) is 19.3 Å². The zero-order valence-corrected chi connectivity index (χ0v) is 53.1. The second-order valence-corrected chi connectivity index (χ2v) is 21.3. The Balaban J connectivity index is 4.49. The van der Waals surface area contributed by atoms with Gasteiger partial charge in [0.25, 0.3) is 0 Å². The minimum Gasteiger partial charge on any atom is -0.462 e. The van der Waals surface area contributed by atoms with Crippen LogP contribution >= 0.6 is 0 Å². The van der Waals surface area contributed by atoms with Gasteiger partial charge in [0.05, 0.1) is 0 Å². The van der Waals surface area contributed by atoms with Crippen LogP contribution in [0.1, 0.15) is 265 Å². The van der Waals surface area contributed by atoms with Gasteiger partial charge < -0.3 is 14.2 Å². The molecule has 0 saturated heterocycles. The molecular formula is C77H120O6. The fourth-order valence-electron chi connectivity index (χ4n) is 8.46. The van der Waals surface area contributed by atoms with Gasteiger partial charge in [0.2, 0.25) is 0 Å². The van der Waals surface area contributed by atoms with Crippen LogP contribution in [-0.4, -0.2) is 37.2 Å². The van der Waals surface area contributed by atoms with Crippen molar-refractivity contribution in [3.8, 4) is 0 Å². The van der Waals surface area contributed by atoms with Crippen molar-refractivity contribution in [2.75, 3.05) is 13.2 Å². The van der Waals surface area contributed by atoms with E-state index in [1.807, 2.05) is 0 Å². The van der Waals surface area contributed by atoms with Crippen LogP contribution in [0, 0.1) is 0 Å². The van der Waals surface area contributed by atoms with E-state index in [-0.39, 0.29) is 37.5 Å². The third-order valence-corrected chi connectivity index (χ3v) is 13.4. The van der Waals surface area contributed by atoms with Gasteiger partial charge in [-0.3, -0.25) is 14.4 Å². The molecule has 0 saturated carbocycles. The number of hydrogen-bond acceptors (Lipinski definition) is 6. The maximum atomic E-state index is 12.9. The van der Waals surface area contributed by atoms with Gasteiger partial charge >= 0.3 is 17.9 Å². The number of carbonyl (C=O) groups excluding carboxylic acids is 3. The molecule has 0 aliphatic rings. The zero-order chi connectivity index (χ0) is 59.9. The van der Waals surface area contributed by atoms with Crippen LogP contribution in [-0.2, 0) is 28.6 Å². The summed E-state index contributed by atoms with van der Waals surface area (Å²) in [6.45, 7) is 6.33. The molecule has 6 nitrogen and oxygen atoms in total. The van der Waals surface area contributed by atoms with E-state index in [4.69, 9.17) is 14.2 Å². The zero-order valence-electron chi connectivity index (χ0n) is 53.1. The van der Waals surface area contributed by atoms with Crippen LogP contribution in [0.25, 0.3) is 0 Å². The maximum Gasteiger partial charge on any atom is 0.306 e. The van der Waals surface area contributed by atoms with E-state index in [2.05, 4.69) is 203 Å². The van der Waals surface area contributed by atoms with Gasteiger partial charge in [-0.2, -0.15) is 0 Å². The fraction of sp³-hybridized carbons (Fsp3) is 0.571. The summed E-state index contributed by atoms with van der Waals surface area (Å²) < 4.78 is 16.9. The summed E-state index contributed by atoms with van der Waals surface area (Å²) in [6, 6.07) is 0. The molecule has 0 amide bonds. The lowest BCUT2D eigenvalue weighted by Crippen LogP contribution is -2.30. The van der Waals surface area contributed by atoms with Crippen molar-refractivity contribution in [2.24, 2.45) is 0 Å². The first-order chi connectivity index (χ1) is 41.0. The molecule has 83 heavy (non-hydrogen) atoms. The Hall–Kier alpha value is -5.49. The number of allylic oxidation sites excluding steroid dienone is 30. The summed E-state index contributed by atoms with van der Waals surface area (Å²) in [4.78, 5) is 38.3. The summed E-state index contributed by atoms with van der Waals surface area (Å²) in [5, 5.41) is 0. The fourth-order valence-corrected chi connectivity index (χ4v) is 8.46. The van der Waals surface area contributed by atoms with Gasteiger partial charge in [0.15, 0.2) is 6.10 Å². The summed E-state index contributed by atoms with van der Waals surface area (Å²) in [7, 11) is 0. The van der Waals surface area contributed by atoms with Gasteiger partial charge in [0.1, 0.15) is 13.2 Å². The van der Waals surface area contributed by atoms with Gasteiger partial charge in [-0.05, 0) is 154 Å². The molecule has 464 valence electrons. The largest absolute Gasteiger partial charge is 0.462 e. The molecule has 0 heterocycles. The Kier molecular flexibility index (Phi) is 64.4. The predicted octanol–water partition coefficient (Wildman–Crippen LogP) is 23.2. The highest BCUT2D eigenvalue weighted by molar-refractivity contribution is 5.71. The quantitative estimate of drug-likeness (QED) is 0.0261. The minimum absolute atomic E-state index is 0.113. The SMILES string of the molecule is CC/C=C\C/C=C\C/C=C\C/C=C\C/C=C\C/C=C\C/C=C\C/C=C\C/C=C\CCCC(=O)OCC(COC(=O)CCCCCCC/C=C\CCCCCC)OC(=O)CCCCCCCCC/C=C\C/C=C\C/C=C\C/C=C\C/C=C\CC. The van der Waals surface area contributed by atoms with E-state index >= 15 is 0 Å². The van der Waals surface area contributed by atoms with Gasteiger partial charge in [0, 0.05) is 19.3 Å². The smallest absolute Gasteiger partial charge is 0.306 e. The Morgan fingerprint density at radius 2 is 0.482 bits per heavy atom. The topological polar surface area (TPSA) is 78.9 Å². The lowest BCUT2D eigenvalue weighted by Gasteiger charge is -2.18. The van der Waals surface area contributed by atoms with E-state index in [0.717, 1.165) is 161 Å². The number of carbonyl (C=O) groups is 3. The molecule has 0 aromatic carbocycles. The second-order valence-electron chi connectivity index (χ2n) is 21.3. The highest BCUT2D eigenvalue weighted by Crippen LogP contribution is 2.14. The van der Waals surface area contributed by atoms with E-state index in [9.17, 15) is 14.4 Å². The van der Waals surface area contributed by atoms with Crippen LogP contribution in [0.4, 0.5) is 0 Å². The molecule has 1 unspecified atom stereocenters. The average Bonchev–Trinajstić information content (AvgIpc) is 3.49. The number of rotatable bonds is 58. The van der Waals surface area contributed by atoms with Crippen LogP contribution in [0.15, 0.2) is 182 Å². The summed E-state index contributed by atoms with van der Waals surface area (Å²) in [5.41, 5.74) is 0. The molecule has 0 aliphatic heterocycles. The molecule has 0 bridgehead atoms. The molecule has 0 radical (unpaired) electrons. The Morgan fingerprint density at radius 1 is 0.253 bits per heavy atom. The normalized spacial score (nSPS) is 13.3. The molecule has 0 aliphatic carbocycles. The van der Waals surface area contributed by atoms with E-state index in [1.165, 1.54) is 57.8 Å². The molecule has 0 aromatic heterocycles. The summed E-state index contributed by atoms with van der Waals surface area (Å²) in [5.74, 6) is -1.00. The molecule has 0 fully saturated rings. The number of ether oxygens (including phenoxy) is 3. The summed E-state index contributed by atoms with van der Waals surface area (Å²) in [6.07, 6.45) is 103.